The van der Waals surface area contributed by atoms with E-state index in [-0.39, 0.29) is 12.8 Å². The minimum Gasteiger partial charge on any atom is -0.462 e. The SMILES string of the molecule is CC/C=C\C/C=C\C/C=C\C/C=C\CCCCCCC(=O)O[C@H](COC(=O)CC/C=C\C/C=C\C/C=C\C/C=C/C=C/C(O)C/C=C\CC)COP(=O)(O)OC1[C@H](O)[C@H](O)C(O)[C@H](O)[C@H]1O. The van der Waals surface area contributed by atoms with Crippen molar-refractivity contribution in [2.24, 2.45) is 0 Å². The molecule has 1 fully saturated rings. The Morgan fingerprint density at radius 1 is 0.545 bits per heavy atom. The van der Waals surface area contributed by atoms with E-state index in [1.165, 1.54) is 0 Å². The zero-order valence-electron chi connectivity index (χ0n) is 39.0. The Labute approximate surface area is 393 Å². The van der Waals surface area contributed by atoms with Crippen molar-refractivity contribution in [1.29, 1.82) is 0 Å². The smallest absolute Gasteiger partial charge is 0.462 e. The van der Waals surface area contributed by atoms with Crippen molar-refractivity contribution in [3.05, 3.63) is 122 Å². The molecular formula is C51H79O14P. The van der Waals surface area contributed by atoms with Gasteiger partial charge in [-0.2, -0.15) is 0 Å². The minimum absolute atomic E-state index is 0.0124. The van der Waals surface area contributed by atoms with Gasteiger partial charge < -0.3 is 45.0 Å². The van der Waals surface area contributed by atoms with Crippen LogP contribution in [0, 0.1) is 0 Å². The quantitative estimate of drug-likeness (QED) is 0.0103. The number of phosphoric ester groups is 1. The van der Waals surface area contributed by atoms with Gasteiger partial charge in [0.25, 0.3) is 0 Å². The highest BCUT2D eigenvalue weighted by Crippen LogP contribution is 2.47. The van der Waals surface area contributed by atoms with E-state index in [4.69, 9.17) is 18.5 Å². The van der Waals surface area contributed by atoms with Crippen LogP contribution in [-0.2, 0) is 32.7 Å². The van der Waals surface area contributed by atoms with E-state index in [2.05, 4.69) is 74.6 Å². The number of aliphatic hydroxyl groups is 6. The van der Waals surface area contributed by atoms with Gasteiger partial charge in [-0.15, -0.1) is 0 Å². The maximum atomic E-state index is 12.8. The molecule has 1 rings (SSSR count). The molecule has 372 valence electrons. The third-order valence-electron chi connectivity index (χ3n) is 9.89. The summed E-state index contributed by atoms with van der Waals surface area (Å²) in [6.45, 7) is 2.87. The predicted molar refractivity (Wildman–Crippen MR) is 259 cm³/mol. The second kappa shape index (κ2) is 39.2. The number of hydrogen-bond donors (Lipinski definition) is 7. The van der Waals surface area contributed by atoms with Crippen molar-refractivity contribution in [3.63, 3.8) is 0 Å². The summed E-state index contributed by atoms with van der Waals surface area (Å²) in [5, 5.41) is 60.0. The van der Waals surface area contributed by atoms with E-state index in [9.17, 15) is 49.7 Å². The van der Waals surface area contributed by atoms with Gasteiger partial charge in [-0.3, -0.25) is 18.6 Å². The summed E-state index contributed by atoms with van der Waals surface area (Å²) in [5.74, 6) is -1.26. The van der Waals surface area contributed by atoms with Crippen LogP contribution in [0.15, 0.2) is 122 Å². The zero-order chi connectivity index (χ0) is 48.7. The van der Waals surface area contributed by atoms with Crippen molar-refractivity contribution < 1.29 is 68.2 Å². The molecule has 0 aromatic carbocycles. The largest absolute Gasteiger partial charge is 0.472 e. The second-order valence-electron chi connectivity index (χ2n) is 15.7. The Bertz CT molecular complexity index is 1630. The van der Waals surface area contributed by atoms with E-state index in [1.54, 1.807) is 6.08 Å². The number of carbonyl (C=O) groups is 2. The molecule has 0 bridgehead atoms. The molecule has 0 aromatic heterocycles. The van der Waals surface area contributed by atoms with Crippen LogP contribution in [0.25, 0.3) is 0 Å². The molecule has 14 nitrogen and oxygen atoms in total. The van der Waals surface area contributed by atoms with Crippen molar-refractivity contribution >= 4 is 19.8 Å². The zero-order valence-corrected chi connectivity index (χ0v) is 39.9. The maximum Gasteiger partial charge on any atom is 0.472 e. The first-order valence-electron chi connectivity index (χ1n) is 23.4. The molecule has 15 heteroatoms. The lowest BCUT2D eigenvalue weighted by Gasteiger charge is -2.41. The van der Waals surface area contributed by atoms with Gasteiger partial charge in [-0.05, 0) is 83.5 Å². The first-order chi connectivity index (χ1) is 31.8. The number of hydrogen-bond acceptors (Lipinski definition) is 13. The number of ether oxygens (including phenoxy) is 2. The normalized spacial score (nSPS) is 22.9. The fraction of sp³-hybridized carbons (Fsp3) is 0.569. The van der Waals surface area contributed by atoms with Crippen LogP contribution < -0.4 is 0 Å². The lowest BCUT2D eigenvalue weighted by Crippen LogP contribution is -2.64. The number of aliphatic hydroxyl groups excluding tert-OH is 6. The molecule has 1 aliphatic rings. The van der Waals surface area contributed by atoms with Crippen LogP contribution in [0.3, 0.4) is 0 Å². The average molecular weight is 947 g/mol. The van der Waals surface area contributed by atoms with Crippen molar-refractivity contribution in [3.8, 4) is 0 Å². The van der Waals surface area contributed by atoms with Gasteiger partial charge in [0, 0.05) is 12.8 Å². The highest BCUT2D eigenvalue weighted by atomic mass is 31.2. The van der Waals surface area contributed by atoms with E-state index in [0.29, 0.717) is 25.7 Å². The predicted octanol–water partition coefficient (Wildman–Crippen LogP) is 8.36. The molecule has 0 aromatic rings. The summed E-state index contributed by atoms with van der Waals surface area (Å²) in [5.41, 5.74) is 0. The molecule has 0 heterocycles. The van der Waals surface area contributed by atoms with E-state index in [0.717, 1.165) is 70.6 Å². The first kappa shape index (κ1) is 60.2. The highest BCUT2D eigenvalue weighted by Gasteiger charge is 2.51. The maximum absolute atomic E-state index is 12.8. The average Bonchev–Trinajstić information content (AvgIpc) is 3.29. The van der Waals surface area contributed by atoms with Crippen LogP contribution in [0.2, 0.25) is 0 Å². The fourth-order valence-electron chi connectivity index (χ4n) is 6.15. The van der Waals surface area contributed by atoms with Crippen LogP contribution >= 0.6 is 7.82 Å². The standard InChI is InChI=1S/C51H79O14P/c1-3-5-7-8-9-10-11-12-13-14-15-18-22-25-28-31-35-39-45(54)64-43(41-63-66(60,61)65-51-49(58)47(56)46(55)48(57)50(51)59)40-62-44(53)38-34-30-27-24-21-19-16-17-20-23-26-29-33-37-42(52)36-32-6-4-2/h5-7,9-10,12-13,15,17-21,26-27,29-30,32-33,37,42-43,46-52,55-59H,3-4,8,11,14,16,22-25,28,31,34-36,38-41H2,1-2H3,(H,60,61)/b7-5-,10-9-,13-12-,18-15-,20-17-,21-19-,29-26+,30-27-,32-6-,37-33+/t42?,43-,46?,47-,48+,49-,50-,51?/m1/s1. The Morgan fingerprint density at radius 2 is 1.03 bits per heavy atom. The number of rotatable bonds is 36. The van der Waals surface area contributed by atoms with Gasteiger partial charge in [0.2, 0.25) is 0 Å². The second-order valence-corrected chi connectivity index (χ2v) is 17.1. The number of carbonyl (C=O) groups excluding carboxylic acids is 2. The third kappa shape index (κ3) is 31.2. The third-order valence-corrected chi connectivity index (χ3v) is 10.9. The van der Waals surface area contributed by atoms with Gasteiger partial charge in [-0.1, -0.05) is 148 Å². The van der Waals surface area contributed by atoms with Gasteiger partial charge in [-0.25, -0.2) is 4.57 Å². The van der Waals surface area contributed by atoms with Crippen LogP contribution in [-0.4, -0.2) is 110 Å². The molecule has 1 aliphatic carbocycles. The molecule has 4 unspecified atom stereocenters. The van der Waals surface area contributed by atoms with Gasteiger partial charge in [0.1, 0.15) is 43.2 Å². The van der Waals surface area contributed by atoms with Gasteiger partial charge in [0.15, 0.2) is 6.10 Å². The molecule has 0 aliphatic heterocycles. The monoisotopic (exact) mass is 947 g/mol. The molecule has 66 heavy (non-hydrogen) atoms. The molecule has 0 amide bonds. The van der Waals surface area contributed by atoms with Crippen LogP contribution in [0.1, 0.15) is 123 Å². The van der Waals surface area contributed by atoms with Gasteiger partial charge >= 0.3 is 19.8 Å². The number of phosphoric acid groups is 1. The first-order valence-corrected chi connectivity index (χ1v) is 24.9. The van der Waals surface area contributed by atoms with Crippen molar-refractivity contribution in [2.75, 3.05) is 13.2 Å². The molecule has 0 saturated heterocycles. The van der Waals surface area contributed by atoms with Gasteiger partial charge in [0.05, 0.1) is 12.7 Å². The van der Waals surface area contributed by atoms with Crippen LogP contribution in [0.4, 0.5) is 0 Å². The lowest BCUT2D eigenvalue weighted by atomic mass is 9.85. The summed E-state index contributed by atoms with van der Waals surface area (Å²) >= 11 is 0. The Balaban J connectivity index is 2.55. The van der Waals surface area contributed by atoms with E-state index < -0.39 is 81.8 Å². The summed E-state index contributed by atoms with van der Waals surface area (Å²) in [6.07, 6.45) is 38.7. The van der Waals surface area contributed by atoms with E-state index >= 15 is 0 Å². The molecular weight excluding hydrogens is 868 g/mol. The van der Waals surface area contributed by atoms with E-state index in [1.807, 2.05) is 54.7 Å². The molecule has 0 spiro atoms. The fourth-order valence-corrected chi connectivity index (χ4v) is 7.12. The summed E-state index contributed by atoms with van der Waals surface area (Å²) in [6, 6.07) is 0. The molecule has 0 radical (unpaired) electrons. The topological polar surface area (TPSA) is 230 Å². The molecule has 7 N–H and O–H groups in total. The number of unbranched alkanes of at least 4 members (excludes halogenated alkanes) is 4. The Morgan fingerprint density at radius 3 is 1.61 bits per heavy atom. The van der Waals surface area contributed by atoms with Crippen LogP contribution in [0.5, 0.6) is 0 Å². The minimum atomic E-state index is -5.16. The molecule has 9 atom stereocenters. The highest BCUT2D eigenvalue weighted by molar-refractivity contribution is 7.47. The Hall–Kier alpha value is -3.79. The van der Waals surface area contributed by atoms with Crippen molar-refractivity contribution in [1.82, 2.24) is 0 Å². The number of esters is 2. The lowest BCUT2D eigenvalue weighted by molar-refractivity contribution is -0.220. The summed E-state index contributed by atoms with van der Waals surface area (Å²) in [4.78, 5) is 35.7. The molecule has 1 saturated carbocycles. The van der Waals surface area contributed by atoms with Crippen molar-refractivity contribution in [2.45, 2.75) is 172 Å². The number of allylic oxidation sites excluding steroid dienone is 18. The summed E-state index contributed by atoms with van der Waals surface area (Å²) in [7, 11) is -5.16. The summed E-state index contributed by atoms with van der Waals surface area (Å²) < 4.78 is 33.4. The Kier molecular flexibility index (Phi) is 35.8.